The van der Waals surface area contributed by atoms with Crippen molar-refractivity contribution in [3.8, 4) is 0 Å². The molecule has 2 N–H and O–H groups in total. The van der Waals surface area contributed by atoms with Crippen LogP contribution in [0.15, 0.2) is 0 Å². The fraction of sp³-hybridized carbons (Fsp3) is 1.00. The Hall–Kier alpha value is 0.160. The van der Waals surface area contributed by atoms with Gasteiger partial charge in [0.15, 0.2) is 9.84 Å². The maximum atomic E-state index is 11.6. The molecule has 1 atom stereocenters. The van der Waals surface area contributed by atoms with E-state index in [0.29, 0.717) is 31.3 Å². The Bertz CT molecular complexity index is 296. The molecule has 1 unspecified atom stereocenters. The molecule has 6 heteroatoms. The van der Waals surface area contributed by atoms with Gasteiger partial charge >= 0.3 is 0 Å². The molecule has 0 spiro atoms. The van der Waals surface area contributed by atoms with Crippen LogP contribution in [-0.2, 0) is 9.84 Å². The van der Waals surface area contributed by atoms with Gasteiger partial charge < -0.3 is 5.73 Å². The van der Waals surface area contributed by atoms with Crippen LogP contribution in [0.4, 0.5) is 0 Å². The summed E-state index contributed by atoms with van der Waals surface area (Å²) in [5, 5.41) is 0. The Morgan fingerprint density at radius 1 is 1.29 bits per heavy atom. The average Bonchev–Trinajstić information content (AvgIpc) is 2.27. The van der Waals surface area contributed by atoms with Crippen molar-refractivity contribution in [1.82, 2.24) is 4.90 Å². The van der Waals surface area contributed by atoms with Crippen LogP contribution in [-0.4, -0.2) is 50.5 Å². The van der Waals surface area contributed by atoms with Crippen molar-refractivity contribution in [2.24, 2.45) is 5.73 Å². The van der Waals surface area contributed by atoms with E-state index in [1.165, 1.54) is 12.8 Å². The first-order valence-corrected chi connectivity index (χ1v) is 8.05. The monoisotopic (exact) mass is 284 g/mol. The van der Waals surface area contributed by atoms with Crippen molar-refractivity contribution in [2.75, 3.05) is 31.1 Å². The normalized spacial score (nSPS) is 22.1. The van der Waals surface area contributed by atoms with Gasteiger partial charge in [-0.25, -0.2) is 8.42 Å². The number of rotatable bonds is 6. The maximum Gasteiger partial charge on any atom is 0.151 e. The standard InChI is InChI=1S/C11H24N2O2S.ClH/c1-2-8-16(14,15)9-7-13-6-4-3-5-11(13)10-12;/h11H,2-10,12H2,1H3;1H. The van der Waals surface area contributed by atoms with Crippen LogP contribution in [0.1, 0.15) is 32.6 Å². The van der Waals surface area contributed by atoms with Crippen LogP contribution >= 0.6 is 12.4 Å². The molecule has 4 nitrogen and oxygen atoms in total. The molecule has 1 rings (SSSR count). The molecule has 0 aromatic heterocycles. The highest BCUT2D eigenvalue weighted by Gasteiger charge is 2.22. The lowest BCUT2D eigenvalue weighted by atomic mass is 10.0. The smallest absolute Gasteiger partial charge is 0.151 e. The van der Waals surface area contributed by atoms with E-state index in [0.717, 1.165) is 13.0 Å². The summed E-state index contributed by atoms with van der Waals surface area (Å²) >= 11 is 0. The first-order chi connectivity index (χ1) is 7.59. The Balaban J connectivity index is 0.00000256. The number of halogens is 1. The first-order valence-electron chi connectivity index (χ1n) is 6.23. The molecule has 0 aromatic rings. The molecule has 0 radical (unpaired) electrons. The Morgan fingerprint density at radius 3 is 2.59 bits per heavy atom. The van der Waals surface area contributed by atoms with E-state index < -0.39 is 9.84 Å². The first kappa shape index (κ1) is 17.2. The van der Waals surface area contributed by atoms with Crippen molar-refractivity contribution in [3.63, 3.8) is 0 Å². The molecule has 1 heterocycles. The van der Waals surface area contributed by atoms with Crippen LogP contribution in [0.3, 0.4) is 0 Å². The topological polar surface area (TPSA) is 63.4 Å². The Kier molecular flexibility index (Phi) is 8.37. The summed E-state index contributed by atoms with van der Waals surface area (Å²) in [6.45, 7) is 4.21. The SMILES string of the molecule is CCCS(=O)(=O)CCN1CCCCC1CN.Cl. The molecule has 0 aliphatic carbocycles. The highest BCUT2D eigenvalue weighted by atomic mass is 35.5. The number of hydrogen-bond donors (Lipinski definition) is 1. The van der Waals surface area contributed by atoms with Gasteiger partial charge in [0.25, 0.3) is 0 Å². The molecule has 0 aromatic carbocycles. The van der Waals surface area contributed by atoms with Gasteiger partial charge in [0.2, 0.25) is 0 Å². The maximum absolute atomic E-state index is 11.6. The van der Waals surface area contributed by atoms with Crippen LogP contribution < -0.4 is 5.73 Å². The number of nitrogens with zero attached hydrogens (tertiary/aromatic N) is 1. The van der Waals surface area contributed by atoms with E-state index in [-0.39, 0.29) is 18.2 Å². The van der Waals surface area contributed by atoms with Crippen molar-refractivity contribution in [3.05, 3.63) is 0 Å². The summed E-state index contributed by atoms with van der Waals surface area (Å²) in [6.07, 6.45) is 4.22. The van der Waals surface area contributed by atoms with Gasteiger partial charge in [-0.1, -0.05) is 13.3 Å². The molecule has 1 saturated heterocycles. The second kappa shape index (κ2) is 8.29. The van der Waals surface area contributed by atoms with Gasteiger partial charge in [-0.3, -0.25) is 4.90 Å². The second-order valence-electron chi connectivity index (χ2n) is 4.57. The summed E-state index contributed by atoms with van der Waals surface area (Å²) in [7, 11) is -2.85. The van der Waals surface area contributed by atoms with Crippen LogP contribution in [0.25, 0.3) is 0 Å². The minimum absolute atomic E-state index is 0. The van der Waals surface area contributed by atoms with Crippen molar-refractivity contribution in [1.29, 1.82) is 0 Å². The summed E-state index contributed by atoms with van der Waals surface area (Å²) in [5.41, 5.74) is 5.70. The zero-order valence-corrected chi connectivity index (χ0v) is 12.2. The molecule has 1 aliphatic heterocycles. The number of nitrogens with two attached hydrogens (primary N) is 1. The van der Waals surface area contributed by atoms with Gasteiger partial charge in [0, 0.05) is 24.9 Å². The number of hydrogen-bond acceptors (Lipinski definition) is 4. The van der Waals surface area contributed by atoms with Crippen LogP contribution in [0.2, 0.25) is 0 Å². The minimum atomic E-state index is -2.85. The van der Waals surface area contributed by atoms with Crippen LogP contribution in [0.5, 0.6) is 0 Å². The summed E-state index contributed by atoms with van der Waals surface area (Å²) in [4.78, 5) is 2.25. The molecule has 1 fully saturated rings. The van der Waals surface area contributed by atoms with Gasteiger partial charge in [0.1, 0.15) is 0 Å². The molecule has 17 heavy (non-hydrogen) atoms. The van der Waals surface area contributed by atoms with E-state index in [1.54, 1.807) is 0 Å². The van der Waals surface area contributed by atoms with E-state index in [4.69, 9.17) is 5.73 Å². The zero-order chi connectivity index (χ0) is 12.0. The van der Waals surface area contributed by atoms with E-state index >= 15 is 0 Å². The molecular weight excluding hydrogens is 260 g/mol. The number of likely N-dealkylation sites (tertiary alicyclic amines) is 1. The predicted octanol–water partition coefficient (Wildman–Crippen LogP) is 1.05. The lowest BCUT2D eigenvalue weighted by molar-refractivity contribution is 0.162. The van der Waals surface area contributed by atoms with Crippen LogP contribution in [0, 0.1) is 0 Å². The predicted molar refractivity (Wildman–Crippen MR) is 74.5 cm³/mol. The van der Waals surface area contributed by atoms with Crippen molar-refractivity contribution >= 4 is 22.2 Å². The third kappa shape index (κ3) is 6.04. The molecule has 0 saturated carbocycles. The van der Waals surface area contributed by atoms with Crippen molar-refractivity contribution in [2.45, 2.75) is 38.6 Å². The summed E-state index contributed by atoms with van der Waals surface area (Å²) in [5.74, 6) is 0.603. The molecule has 104 valence electrons. The molecular formula is C11H25ClN2O2S. The molecule has 1 aliphatic rings. The highest BCUT2D eigenvalue weighted by Crippen LogP contribution is 2.15. The second-order valence-corrected chi connectivity index (χ2v) is 6.88. The van der Waals surface area contributed by atoms with E-state index in [1.807, 2.05) is 6.92 Å². The van der Waals surface area contributed by atoms with E-state index in [9.17, 15) is 8.42 Å². The fourth-order valence-electron chi connectivity index (χ4n) is 2.29. The highest BCUT2D eigenvalue weighted by molar-refractivity contribution is 7.91. The quantitative estimate of drug-likeness (QED) is 0.792. The van der Waals surface area contributed by atoms with E-state index in [2.05, 4.69) is 4.90 Å². The summed E-state index contributed by atoms with van der Waals surface area (Å²) in [6, 6.07) is 0.394. The van der Waals surface area contributed by atoms with Gasteiger partial charge in [-0.2, -0.15) is 0 Å². The fourth-order valence-corrected chi connectivity index (χ4v) is 3.63. The van der Waals surface area contributed by atoms with Gasteiger partial charge in [-0.05, 0) is 25.8 Å². The minimum Gasteiger partial charge on any atom is -0.329 e. The van der Waals surface area contributed by atoms with Gasteiger partial charge in [0.05, 0.1) is 5.75 Å². The largest absolute Gasteiger partial charge is 0.329 e. The van der Waals surface area contributed by atoms with Gasteiger partial charge in [-0.15, -0.1) is 12.4 Å². The lowest BCUT2D eigenvalue weighted by Gasteiger charge is -2.34. The number of piperidine rings is 1. The lowest BCUT2D eigenvalue weighted by Crippen LogP contribution is -2.46. The number of sulfone groups is 1. The average molecular weight is 285 g/mol. The third-order valence-electron chi connectivity index (χ3n) is 3.23. The Morgan fingerprint density at radius 2 is 2.00 bits per heavy atom. The third-order valence-corrected chi connectivity index (χ3v) is 5.06. The summed E-state index contributed by atoms with van der Waals surface area (Å²) < 4.78 is 23.2. The zero-order valence-electron chi connectivity index (χ0n) is 10.6. The molecule has 0 amide bonds. The van der Waals surface area contributed by atoms with Crippen molar-refractivity contribution < 1.29 is 8.42 Å². The Labute approximate surface area is 111 Å². The molecule has 0 bridgehead atoms.